The highest BCUT2D eigenvalue weighted by molar-refractivity contribution is 5.82. The lowest BCUT2D eigenvalue weighted by molar-refractivity contribution is -0.152. The molecule has 33 heavy (non-hydrogen) atoms. The van der Waals surface area contributed by atoms with Crippen molar-refractivity contribution in [3.63, 3.8) is 0 Å². The lowest BCUT2D eigenvalue weighted by Gasteiger charge is -2.62. The maximum absolute atomic E-state index is 13.1. The molecule has 0 heterocycles. The van der Waals surface area contributed by atoms with Crippen LogP contribution in [-0.4, -0.2) is 5.78 Å². The summed E-state index contributed by atoms with van der Waals surface area (Å²) in [4.78, 5) is 13.1. The van der Waals surface area contributed by atoms with Gasteiger partial charge in [0.15, 0.2) is 0 Å². The van der Waals surface area contributed by atoms with Crippen LogP contribution in [0.5, 0.6) is 0 Å². The van der Waals surface area contributed by atoms with Crippen molar-refractivity contribution in [2.24, 2.45) is 58.2 Å². The van der Waals surface area contributed by atoms with Crippen LogP contribution >= 0.6 is 0 Å². The van der Waals surface area contributed by atoms with Gasteiger partial charge in [0.05, 0.1) is 0 Å². The molecule has 9 atom stereocenters. The fourth-order valence-corrected chi connectivity index (χ4v) is 10.1. The van der Waals surface area contributed by atoms with Gasteiger partial charge in [0.2, 0.25) is 0 Å². The van der Waals surface area contributed by atoms with Crippen LogP contribution in [0.15, 0.2) is 11.6 Å². The van der Waals surface area contributed by atoms with Crippen molar-refractivity contribution >= 4 is 5.78 Å². The zero-order valence-electron chi connectivity index (χ0n) is 23.1. The summed E-state index contributed by atoms with van der Waals surface area (Å²) in [6.07, 6.45) is 18.1. The van der Waals surface area contributed by atoms with Crippen LogP contribution in [0, 0.1) is 58.2 Å². The highest BCUT2D eigenvalue weighted by atomic mass is 16.1. The molecule has 4 fully saturated rings. The van der Waals surface area contributed by atoms with E-state index in [1.165, 1.54) is 69.8 Å². The second-order valence-electron chi connectivity index (χ2n) is 14.0. The summed E-state index contributed by atoms with van der Waals surface area (Å²) in [5.74, 6) is 6.92. The van der Waals surface area contributed by atoms with Crippen LogP contribution in [-0.2, 0) is 4.79 Å². The SMILES string of the molecule is C/C=C(\C)C[C@@H]1C(=O)CC[C@]2(C)[C@H]3CC[C@]4(C)[C@@H]([C@H](C)CCCC(C)C)CC[C@H]4[C@@H]3CC[C@@H]12. The second kappa shape index (κ2) is 9.81. The number of hydrogen-bond donors (Lipinski definition) is 0. The van der Waals surface area contributed by atoms with E-state index >= 15 is 0 Å². The number of fused-ring (bicyclic) bond motifs is 5. The number of allylic oxidation sites excluding steroid dienone is 2. The lowest BCUT2D eigenvalue weighted by atomic mass is 9.43. The van der Waals surface area contributed by atoms with Gasteiger partial charge in [-0.2, -0.15) is 0 Å². The van der Waals surface area contributed by atoms with Gasteiger partial charge in [-0.25, -0.2) is 0 Å². The molecule has 0 aromatic heterocycles. The summed E-state index contributed by atoms with van der Waals surface area (Å²) >= 11 is 0. The van der Waals surface area contributed by atoms with Crippen molar-refractivity contribution < 1.29 is 4.79 Å². The van der Waals surface area contributed by atoms with Crippen molar-refractivity contribution in [1.82, 2.24) is 0 Å². The fourth-order valence-electron chi connectivity index (χ4n) is 10.1. The van der Waals surface area contributed by atoms with E-state index in [1.807, 2.05) is 0 Å². The molecule has 4 aliphatic carbocycles. The van der Waals surface area contributed by atoms with Crippen molar-refractivity contribution in [1.29, 1.82) is 0 Å². The number of hydrogen-bond acceptors (Lipinski definition) is 1. The van der Waals surface area contributed by atoms with E-state index in [0.717, 1.165) is 48.3 Å². The number of rotatable bonds is 7. The molecule has 0 radical (unpaired) electrons. The molecule has 0 saturated heterocycles. The Kier molecular flexibility index (Phi) is 7.58. The van der Waals surface area contributed by atoms with Crippen LogP contribution in [0.1, 0.15) is 126 Å². The van der Waals surface area contributed by atoms with Gasteiger partial charge >= 0.3 is 0 Å². The van der Waals surface area contributed by atoms with Gasteiger partial charge in [-0.05, 0) is 117 Å². The van der Waals surface area contributed by atoms with Gasteiger partial charge in [-0.1, -0.05) is 65.5 Å². The number of ketones is 1. The van der Waals surface area contributed by atoms with E-state index in [0.29, 0.717) is 28.4 Å². The van der Waals surface area contributed by atoms with Crippen LogP contribution in [0.3, 0.4) is 0 Å². The average molecular weight is 455 g/mol. The Bertz CT molecular complexity index is 733. The Morgan fingerprint density at radius 2 is 1.64 bits per heavy atom. The summed E-state index contributed by atoms with van der Waals surface area (Å²) < 4.78 is 0. The van der Waals surface area contributed by atoms with Gasteiger partial charge in [0.1, 0.15) is 5.78 Å². The second-order valence-corrected chi connectivity index (χ2v) is 14.0. The Hall–Kier alpha value is -0.590. The molecule has 4 aliphatic rings. The van der Waals surface area contributed by atoms with Gasteiger partial charge in [-0.15, -0.1) is 0 Å². The zero-order valence-corrected chi connectivity index (χ0v) is 23.1. The number of carbonyl (C=O) groups is 1. The first-order chi connectivity index (χ1) is 15.6. The van der Waals surface area contributed by atoms with Crippen molar-refractivity contribution in [3.05, 3.63) is 11.6 Å². The fraction of sp³-hybridized carbons (Fsp3) is 0.906. The molecule has 188 valence electrons. The van der Waals surface area contributed by atoms with E-state index in [-0.39, 0.29) is 0 Å². The van der Waals surface area contributed by atoms with Crippen LogP contribution in [0.2, 0.25) is 0 Å². The molecular formula is C32H54O. The molecule has 0 aromatic rings. The molecule has 1 heteroatoms. The van der Waals surface area contributed by atoms with Crippen molar-refractivity contribution in [3.8, 4) is 0 Å². The minimum atomic E-state index is 0.298. The average Bonchev–Trinajstić information content (AvgIpc) is 3.13. The molecule has 1 nitrogen and oxygen atoms in total. The van der Waals surface area contributed by atoms with E-state index in [4.69, 9.17) is 0 Å². The van der Waals surface area contributed by atoms with E-state index < -0.39 is 0 Å². The monoisotopic (exact) mass is 454 g/mol. The predicted octanol–water partition coefficient (Wildman–Crippen LogP) is 9.26. The lowest BCUT2D eigenvalue weighted by Crippen LogP contribution is -2.56. The van der Waals surface area contributed by atoms with E-state index in [9.17, 15) is 4.79 Å². The highest BCUT2D eigenvalue weighted by Gasteiger charge is 2.61. The molecule has 0 spiro atoms. The first kappa shape index (κ1) is 25.5. The quantitative estimate of drug-likeness (QED) is 0.350. The van der Waals surface area contributed by atoms with Gasteiger partial charge in [0, 0.05) is 12.3 Å². The minimum Gasteiger partial charge on any atom is -0.299 e. The Morgan fingerprint density at radius 3 is 2.33 bits per heavy atom. The maximum atomic E-state index is 13.1. The van der Waals surface area contributed by atoms with Crippen molar-refractivity contribution in [2.45, 2.75) is 126 Å². The first-order valence-corrected chi connectivity index (χ1v) is 14.8. The largest absolute Gasteiger partial charge is 0.299 e. The Labute approximate surface area is 206 Å². The maximum Gasteiger partial charge on any atom is 0.136 e. The molecule has 0 bridgehead atoms. The topological polar surface area (TPSA) is 17.1 Å². The zero-order chi connectivity index (χ0) is 24.0. The Morgan fingerprint density at radius 1 is 0.939 bits per heavy atom. The van der Waals surface area contributed by atoms with E-state index in [2.05, 4.69) is 54.5 Å². The normalized spacial score (nSPS) is 44.4. The predicted molar refractivity (Wildman–Crippen MR) is 141 cm³/mol. The van der Waals surface area contributed by atoms with Crippen LogP contribution < -0.4 is 0 Å². The minimum absolute atomic E-state index is 0.298. The molecule has 0 amide bonds. The first-order valence-electron chi connectivity index (χ1n) is 14.8. The highest BCUT2D eigenvalue weighted by Crippen LogP contribution is 2.69. The van der Waals surface area contributed by atoms with Crippen molar-refractivity contribution in [2.75, 3.05) is 0 Å². The third kappa shape index (κ3) is 4.53. The molecule has 4 rings (SSSR count). The van der Waals surface area contributed by atoms with Gasteiger partial charge < -0.3 is 0 Å². The number of Topliss-reactive ketones (excluding diaryl/α,β-unsaturated/α-hetero) is 1. The third-order valence-corrected chi connectivity index (χ3v) is 12.0. The summed E-state index contributed by atoms with van der Waals surface area (Å²) in [5, 5.41) is 0. The van der Waals surface area contributed by atoms with Crippen LogP contribution in [0.25, 0.3) is 0 Å². The molecule has 0 unspecified atom stereocenters. The summed E-state index contributed by atoms with van der Waals surface area (Å²) in [5.41, 5.74) is 2.39. The molecule has 0 N–H and O–H groups in total. The molecule has 4 saturated carbocycles. The summed E-state index contributed by atoms with van der Waals surface area (Å²) in [6.45, 7) is 17.0. The standard InChI is InChI=1S/C32H54O/c1-8-22(4)20-25-28-13-12-24-27-15-14-26(23(5)11-9-10-21(2)3)31(27,6)18-16-29(24)32(28,7)19-17-30(25)33/h8,21,23-29H,9-20H2,1-7H3/b22-8+/t23-,24+,25+,26-,27+,28+,29+,31-,32+/m1/s1. The smallest absolute Gasteiger partial charge is 0.136 e. The summed E-state index contributed by atoms with van der Waals surface area (Å²) in [7, 11) is 0. The number of carbonyl (C=O) groups excluding carboxylic acids is 1. The third-order valence-electron chi connectivity index (χ3n) is 12.0. The van der Waals surface area contributed by atoms with Crippen LogP contribution in [0.4, 0.5) is 0 Å². The van der Waals surface area contributed by atoms with Gasteiger partial charge in [0.25, 0.3) is 0 Å². The van der Waals surface area contributed by atoms with E-state index in [1.54, 1.807) is 0 Å². The molecule has 0 aromatic carbocycles. The van der Waals surface area contributed by atoms with Gasteiger partial charge in [-0.3, -0.25) is 4.79 Å². The molecular weight excluding hydrogens is 400 g/mol. The molecule has 0 aliphatic heterocycles. The summed E-state index contributed by atoms with van der Waals surface area (Å²) in [6, 6.07) is 0. The Balaban J connectivity index is 1.50.